The van der Waals surface area contributed by atoms with Crippen LogP contribution in [0.5, 0.6) is 0 Å². The fourth-order valence-electron chi connectivity index (χ4n) is 1.19. The largest absolute Gasteiger partial charge is 0.331 e. The molecule has 0 bridgehead atoms. The normalized spacial score (nSPS) is 15.7. The van der Waals surface area contributed by atoms with Gasteiger partial charge in [0.1, 0.15) is 0 Å². The van der Waals surface area contributed by atoms with Crippen LogP contribution in [0.25, 0.3) is 0 Å². The Balaban J connectivity index is 4.07. The zero-order valence-electron chi connectivity index (χ0n) is 9.26. The minimum Gasteiger partial charge on any atom is -0.331 e. The van der Waals surface area contributed by atoms with E-state index in [9.17, 15) is 0 Å². The molecule has 0 radical (unpaired) electrons. The average Bonchev–Trinajstić information content (AvgIpc) is 2.15. The molecule has 0 fully saturated rings. The van der Waals surface area contributed by atoms with Crippen molar-refractivity contribution in [1.82, 2.24) is 0 Å². The molecule has 1 atom stereocenters. The van der Waals surface area contributed by atoms with E-state index in [0.29, 0.717) is 13.2 Å². The summed E-state index contributed by atoms with van der Waals surface area (Å²) in [7, 11) is 1.63. The van der Waals surface area contributed by atoms with Crippen molar-refractivity contribution in [1.29, 1.82) is 0 Å². The van der Waals surface area contributed by atoms with Crippen molar-refractivity contribution < 1.29 is 14.2 Å². The molecule has 0 heterocycles. The van der Waals surface area contributed by atoms with Gasteiger partial charge in [0.25, 0.3) is 5.97 Å². The first-order valence-corrected chi connectivity index (χ1v) is 5.07. The van der Waals surface area contributed by atoms with Crippen LogP contribution >= 0.6 is 0 Å². The molecule has 0 amide bonds. The molecule has 0 aromatic heterocycles. The van der Waals surface area contributed by atoms with Crippen LogP contribution in [0.1, 0.15) is 40.0 Å². The summed E-state index contributed by atoms with van der Waals surface area (Å²) in [6, 6.07) is 0. The molecule has 0 aliphatic rings. The van der Waals surface area contributed by atoms with Crippen molar-refractivity contribution in [2.75, 3.05) is 20.3 Å². The highest BCUT2D eigenvalue weighted by Crippen LogP contribution is 2.21. The van der Waals surface area contributed by atoms with Crippen LogP contribution in [0.2, 0.25) is 0 Å². The Bertz CT molecular complexity index is 109. The first-order chi connectivity index (χ1) is 6.24. The maximum absolute atomic E-state index is 5.56. The van der Waals surface area contributed by atoms with Crippen molar-refractivity contribution in [2.45, 2.75) is 46.0 Å². The van der Waals surface area contributed by atoms with Crippen LogP contribution < -0.4 is 0 Å². The second-order valence-corrected chi connectivity index (χ2v) is 2.92. The zero-order chi connectivity index (χ0) is 10.2. The lowest BCUT2D eigenvalue weighted by atomic mass is 10.3. The molecular weight excluding hydrogens is 168 g/mol. The first-order valence-electron chi connectivity index (χ1n) is 5.07. The number of hydrogen-bond acceptors (Lipinski definition) is 3. The molecule has 0 saturated heterocycles. The monoisotopic (exact) mass is 190 g/mol. The Hall–Kier alpha value is -0.120. The standard InChI is InChI=1S/C10H22O3/c1-5-8-10(11-4,12-7-3)13-9-6-2/h5-9H2,1-4H3. The van der Waals surface area contributed by atoms with E-state index < -0.39 is 5.97 Å². The van der Waals surface area contributed by atoms with Crippen LogP contribution in [0.4, 0.5) is 0 Å². The van der Waals surface area contributed by atoms with Gasteiger partial charge in [-0.25, -0.2) is 0 Å². The predicted molar refractivity (Wildman–Crippen MR) is 52.5 cm³/mol. The third-order valence-electron chi connectivity index (χ3n) is 1.76. The molecule has 13 heavy (non-hydrogen) atoms. The minimum absolute atomic E-state index is 0.609. The Morgan fingerprint density at radius 1 is 1.00 bits per heavy atom. The summed E-state index contributed by atoms with van der Waals surface area (Å²) in [5.74, 6) is -0.806. The van der Waals surface area contributed by atoms with Crippen molar-refractivity contribution in [3.8, 4) is 0 Å². The minimum atomic E-state index is -0.806. The van der Waals surface area contributed by atoms with Crippen LogP contribution in [0, 0.1) is 0 Å². The van der Waals surface area contributed by atoms with Crippen molar-refractivity contribution in [3.05, 3.63) is 0 Å². The molecular formula is C10H22O3. The van der Waals surface area contributed by atoms with Crippen molar-refractivity contribution >= 4 is 0 Å². The van der Waals surface area contributed by atoms with Gasteiger partial charge < -0.3 is 14.2 Å². The quantitative estimate of drug-likeness (QED) is 0.550. The van der Waals surface area contributed by atoms with E-state index >= 15 is 0 Å². The van der Waals surface area contributed by atoms with Gasteiger partial charge in [0.2, 0.25) is 0 Å². The lowest BCUT2D eigenvalue weighted by Crippen LogP contribution is -2.38. The van der Waals surface area contributed by atoms with Gasteiger partial charge >= 0.3 is 0 Å². The Morgan fingerprint density at radius 2 is 1.69 bits per heavy atom. The molecule has 0 aromatic rings. The van der Waals surface area contributed by atoms with Crippen LogP contribution in [-0.2, 0) is 14.2 Å². The average molecular weight is 190 g/mol. The second kappa shape index (κ2) is 7.30. The Kier molecular flexibility index (Phi) is 7.23. The summed E-state index contributed by atoms with van der Waals surface area (Å²) in [4.78, 5) is 0. The summed E-state index contributed by atoms with van der Waals surface area (Å²) >= 11 is 0. The van der Waals surface area contributed by atoms with Gasteiger partial charge in [-0.15, -0.1) is 0 Å². The molecule has 1 unspecified atom stereocenters. The number of hydrogen-bond donors (Lipinski definition) is 0. The summed E-state index contributed by atoms with van der Waals surface area (Å²) in [5.41, 5.74) is 0. The van der Waals surface area contributed by atoms with E-state index in [-0.39, 0.29) is 0 Å². The van der Waals surface area contributed by atoms with Crippen LogP contribution in [0.15, 0.2) is 0 Å². The molecule has 0 spiro atoms. The summed E-state index contributed by atoms with van der Waals surface area (Å²) in [5, 5.41) is 0. The van der Waals surface area contributed by atoms with E-state index in [1.807, 2.05) is 6.92 Å². The maximum Gasteiger partial charge on any atom is 0.282 e. The van der Waals surface area contributed by atoms with E-state index in [1.165, 1.54) is 0 Å². The van der Waals surface area contributed by atoms with Crippen LogP contribution in [0.3, 0.4) is 0 Å². The highest BCUT2D eigenvalue weighted by atomic mass is 16.9. The van der Waals surface area contributed by atoms with Crippen LogP contribution in [-0.4, -0.2) is 26.3 Å². The fourth-order valence-corrected chi connectivity index (χ4v) is 1.19. The molecule has 0 aromatic carbocycles. The number of ether oxygens (including phenoxy) is 3. The molecule has 0 saturated carbocycles. The molecule has 3 heteroatoms. The number of methoxy groups -OCH3 is 1. The third-order valence-corrected chi connectivity index (χ3v) is 1.76. The SMILES string of the molecule is CCCOC(CCC)(OC)OCC. The predicted octanol–water partition coefficient (Wildman–Crippen LogP) is 2.55. The van der Waals surface area contributed by atoms with Crippen molar-refractivity contribution in [2.24, 2.45) is 0 Å². The Labute approximate surface area is 81.4 Å². The molecule has 3 nitrogen and oxygen atoms in total. The van der Waals surface area contributed by atoms with Gasteiger partial charge in [-0.1, -0.05) is 13.8 Å². The highest BCUT2D eigenvalue weighted by molar-refractivity contribution is 4.55. The van der Waals surface area contributed by atoms with Crippen molar-refractivity contribution in [3.63, 3.8) is 0 Å². The van der Waals surface area contributed by atoms with E-state index in [1.54, 1.807) is 7.11 Å². The van der Waals surface area contributed by atoms with Gasteiger partial charge in [0.05, 0.1) is 6.61 Å². The van der Waals surface area contributed by atoms with Gasteiger partial charge in [0.15, 0.2) is 0 Å². The smallest absolute Gasteiger partial charge is 0.282 e. The summed E-state index contributed by atoms with van der Waals surface area (Å²) in [6.45, 7) is 7.38. The summed E-state index contributed by atoms with van der Waals surface area (Å²) in [6.07, 6.45) is 2.73. The maximum atomic E-state index is 5.56. The molecule has 0 rings (SSSR count). The zero-order valence-corrected chi connectivity index (χ0v) is 9.26. The summed E-state index contributed by atoms with van der Waals surface area (Å²) < 4.78 is 16.3. The van der Waals surface area contributed by atoms with E-state index in [0.717, 1.165) is 19.3 Å². The molecule has 80 valence electrons. The van der Waals surface area contributed by atoms with E-state index in [4.69, 9.17) is 14.2 Å². The first kappa shape index (κ1) is 12.9. The third kappa shape index (κ3) is 4.60. The second-order valence-electron chi connectivity index (χ2n) is 2.92. The fraction of sp³-hybridized carbons (Fsp3) is 1.00. The van der Waals surface area contributed by atoms with Gasteiger partial charge in [-0.3, -0.25) is 0 Å². The Morgan fingerprint density at radius 3 is 2.08 bits per heavy atom. The van der Waals surface area contributed by atoms with Gasteiger partial charge in [-0.05, 0) is 19.8 Å². The van der Waals surface area contributed by atoms with Gasteiger partial charge in [-0.2, -0.15) is 0 Å². The molecule has 0 N–H and O–H groups in total. The number of rotatable bonds is 8. The van der Waals surface area contributed by atoms with Gasteiger partial charge in [0, 0.05) is 20.1 Å². The molecule has 0 aliphatic heterocycles. The highest BCUT2D eigenvalue weighted by Gasteiger charge is 2.30. The topological polar surface area (TPSA) is 27.7 Å². The molecule has 0 aliphatic carbocycles. The lowest BCUT2D eigenvalue weighted by Gasteiger charge is -2.31. The van der Waals surface area contributed by atoms with E-state index in [2.05, 4.69) is 13.8 Å². The lowest BCUT2D eigenvalue weighted by molar-refractivity contribution is -0.373.